The number of aliphatic carboxylic acids is 1. The maximum absolute atomic E-state index is 12.2. The van der Waals surface area contributed by atoms with Crippen molar-refractivity contribution in [1.82, 2.24) is 10.2 Å². The van der Waals surface area contributed by atoms with Crippen LogP contribution in [-0.4, -0.2) is 52.9 Å². The lowest BCUT2D eigenvalue weighted by Crippen LogP contribution is -2.41. The third-order valence-corrected chi connectivity index (χ3v) is 4.22. The molecule has 0 saturated carbocycles. The van der Waals surface area contributed by atoms with Gasteiger partial charge in [0.25, 0.3) is 0 Å². The highest BCUT2D eigenvalue weighted by atomic mass is 16.4. The highest BCUT2D eigenvalue weighted by Gasteiger charge is 2.31. The molecule has 0 aliphatic carbocycles. The van der Waals surface area contributed by atoms with Gasteiger partial charge >= 0.3 is 12.0 Å². The van der Waals surface area contributed by atoms with E-state index >= 15 is 0 Å². The molecule has 1 heterocycles. The van der Waals surface area contributed by atoms with Crippen molar-refractivity contribution in [1.29, 1.82) is 0 Å². The highest BCUT2D eigenvalue weighted by molar-refractivity contribution is 5.77. The number of amides is 2. The van der Waals surface area contributed by atoms with Crippen molar-refractivity contribution in [3.05, 3.63) is 35.9 Å². The number of carboxylic acid groups (broad SMARTS) is 1. The predicted octanol–water partition coefficient (Wildman–Crippen LogP) is 1.66. The first-order chi connectivity index (χ1) is 11.0. The Balaban J connectivity index is 1.91. The summed E-state index contributed by atoms with van der Waals surface area (Å²) in [6.45, 7) is 2.88. The number of nitrogens with one attached hydrogen (secondary N) is 1. The number of nitrogens with zero attached hydrogens (tertiary/aromatic N) is 1. The van der Waals surface area contributed by atoms with E-state index in [-0.39, 0.29) is 18.5 Å². The number of urea groups is 1. The molecule has 1 aromatic rings. The van der Waals surface area contributed by atoms with E-state index < -0.39 is 18.0 Å². The van der Waals surface area contributed by atoms with Crippen LogP contribution in [0.3, 0.4) is 0 Å². The van der Waals surface area contributed by atoms with Gasteiger partial charge in [0.05, 0.1) is 12.0 Å². The molecule has 0 bridgehead atoms. The molecule has 1 aliphatic rings. The Morgan fingerprint density at radius 1 is 1.35 bits per heavy atom. The van der Waals surface area contributed by atoms with E-state index in [2.05, 4.69) is 5.32 Å². The lowest BCUT2D eigenvalue weighted by Gasteiger charge is -2.22. The standard InChI is InChI=1S/C17H24N2O4/c1-12(20)9-15(13-5-3-2-4-6-13)10-18-17(23)19-8-7-14(11-19)16(21)22/h2-6,12,14-15,20H,7-11H2,1H3,(H,18,23)(H,21,22). The van der Waals surface area contributed by atoms with E-state index in [0.29, 0.717) is 25.9 Å². The molecular formula is C17H24N2O4. The molecule has 1 aliphatic heterocycles. The Morgan fingerprint density at radius 2 is 2.04 bits per heavy atom. The number of carboxylic acids is 1. The molecular weight excluding hydrogens is 296 g/mol. The minimum Gasteiger partial charge on any atom is -0.481 e. The van der Waals surface area contributed by atoms with Gasteiger partial charge in [0, 0.05) is 25.6 Å². The second-order valence-electron chi connectivity index (χ2n) is 6.15. The molecule has 6 nitrogen and oxygen atoms in total. The zero-order valence-corrected chi connectivity index (χ0v) is 13.3. The summed E-state index contributed by atoms with van der Waals surface area (Å²) in [7, 11) is 0. The molecule has 23 heavy (non-hydrogen) atoms. The summed E-state index contributed by atoms with van der Waals surface area (Å²) in [5, 5.41) is 21.5. The van der Waals surface area contributed by atoms with Gasteiger partial charge in [-0.25, -0.2) is 4.79 Å². The van der Waals surface area contributed by atoms with Gasteiger partial charge in [-0.1, -0.05) is 30.3 Å². The quantitative estimate of drug-likeness (QED) is 0.743. The van der Waals surface area contributed by atoms with Crippen molar-refractivity contribution < 1.29 is 19.8 Å². The fourth-order valence-corrected chi connectivity index (χ4v) is 2.94. The van der Waals surface area contributed by atoms with Crippen LogP contribution in [0, 0.1) is 5.92 Å². The molecule has 0 spiro atoms. The first-order valence-electron chi connectivity index (χ1n) is 7.96. The molecule has 6 heteroatoms. The van der Waals surface area contributed by atoms with Crippen molar-refractivity contribution in [2.24, 2.45) is 5.92 Å². The van der Waals surface area contributed by atoms with E-state index in [4.69, 9.17) is 5.11 Å². The number of hydrogen-bond acceptors (Lipinski definition) is 3. The molecule has 2 amide bonds. The Morgan fingerprint density at radius 3 is 2.61 bits per heavy atom. The number of carbonyl (C=O) groups excluding carboxylic acids is 1. The molecule has 1 saturated heterocycles. The van der Waals surface area contributed by atoms with Crippen LogP contribution in [-0.2, 0) is 4.79 Å². The number of aliphatic hydroxyl groups is 1. The summed E-state index contributed by atoms with van der Waals surface area (Å²) >= 11 is 0. The number of rotatable bonds is 6. The highest BCUT2D eigenvalue weighted by Crippen LogP contribution is 2.21. The Bertz CT molecular complexity index is 533. The second kappa shape index (κ2) is 7.97. The van der Waals surface area contributed by atoms with Crippen LogP contribution in [0.5, 0.6) is 0 Å². The fraction of sp³-hybridized carbons (Fsp3) is 0.529. The van der Waals surface area contributed by atoms with Crippen LogP contribution < -0.4 is 5.32 Å². The van der Waals surface area contributed by atoms with Gasteiger partial charge in [-0.3, -0.25) is 4.79 Å². The van der Waals surface area contributed by atoms with Gasteiger partial charge in [0.15, 0.2) is 0 Å². The average Bonchev–Trinajstić information content (AvgIpc) is 3.02. The van der Waals surface area contributed by atoms with E-state index in [1.54, 1.807) is 11.8 Å². The van der Waals surface area contributed by atoms with E-state index in [0.717, 1.165) is 5.56 Å². The summed E-state index contributed by atoms with van der Waals surface area (Å²) in [4.78, 5) is 24.7. The van der Waals surface area contributed by atoms with Gasteiger partial charge in [-0.15, -0.1) is 0 Å². The summed E-state index contributed by atoms with van der Waals surface area (Å²) in [6.07, 6.45) is 0.598. The molecule has 2 rings (SSSR count). The molecule has 1 fully saturated rings. The van der Waals surface area contributed by atoms with E-state index in [1.807, 2.05) is 30.3 Å². The third-order valence-electron chi connectivity index (χ3n) is 4.22. The number of hydrogen-bond donors (Lipinski definition) is 3. The topological polar surface area (TPSA) is 89.9 Å². The van der Waals surface area contributed by atoms with Crippen LogP contribution in [0.25, 0.3) is 0 Å². The van der Waals surface area contributed by atoms with Gasteiger partial charge in [-0.05, 0) is 25.3 Å². The predicted molar refractivity (Wildman–Crippen MR) is 86.2 cm³/mol. The fourth-order valence-electron chi connectivity index (χ4n) is 2.94. The summed E-state index contributed by atoms with van der Waals surface area (Å²) < 4.78 is 0. The molecule has 0 radical (unpaired) electrons. The lowest BCUT2D eigenvalue weighted by molar-refractivity contribution is -0.141. The van der Waals surface area contributed by atoms with Crippen molar-refractivity contribution >= 4 is 12.0 Å². The Hall–Kier alpha value is -2.08. The summed E-state index contributed by atoms with van der Waals surface area (Å²) in [6, 6.07) is 9.53. The minimum absolute atomic E-state index is 0.0259. The molecule has 0 aromatic heterocycles. The first kappa shape index (κ1) is 17.3. The molecule has 3 unspecified atom stereocenters. The zero-order valence-electron chi connectivity index (χ0n) is 13.3. The first-order valence-corrected chi connectivity index (χ1v) is 7.96. The molecule has 126 valence electrons. The minimum atomic E-state index is -0.850. The van der Waals surface area contributed by atoms with Crippen molar-refractivity contribution in [2.75, 3.05) is 19.6 Å². The van der Waals surface area contributed by atoms with Gasteiger partial charge in [-0.2, -0.15) is 0 Å². The lowest BCUT2D eigenvalue weighted by atomic mass is 9.93. The van der Waals surface area contributed by atoms with Gasteiger partial charge in [0.2, 0.25) is 0 Å². The van der Waals surface area contributed by atoms with Crippen LogP contribution in [0.4, 0.5) is 4.79 Å². The SMILES string of the molecule is CC(O)CC(CNC(=O)N1CCC(C(=O)O)C1)c1ccccc1. The van der Waals surface area contributed by atoms with E-state index in [9.17, 15) is 14.7 Å². The number of likely N-dealkylation sites (tertiary alicyclic amines) is 1. The maximum atomic E-state index is 12.2. The third kappa shape index (κ3) is 4.96. The molecule has 1 aromatic carbocycles. The number of carbonyl (C=O) groups is 2. The van der Waals surface area contributed by atoms with Crippen molar-refractivity contribution in [2.45, 2.75) is 31.8 Å². The van der Waals surface area contributed by atoms with Crippen LogP contribution in [0.2, 0.25) is 0 Å². The largest absolute Gasteiger partial charge is 0.481 e. The second-order valence-corrected chi connectivity index (χ2v) is 6.15. The normalized spacial score (nSPS) is 20.1. The van der Waals surface area contributed by atoms with E-state index in [1.165, 1.54) is 0 Å². The summed E-state index contributed by atoms with van der Waals surface area (Å²) in [5.74, 6) is -1.29. The average molecular weight is 320 g/mol. The van der Waals surface area contributed by atoms with Gasteiger partial charge in [0.1, 0.15) is 0 Å². The van der Waals surface area contributed by atoms with Crippen LogP contribution in [0.1, 0.15) is 31.2 Å². The maximum Gasteiger partial charge on any atom is 0.317 e. The Kier molecular flexibility index (Phi) is 5.98. The van der Waals surface area contributed by atoms with Gasteiger partial charge < -0.3 is 20.4 Å². The van der Waals surface area contributed by atoms with Crippen molar-refractivity contribution in [3.63, 3.8) is 0 Å². The van der Waals surface area contributed by atoms with Crippen LogP contribution in [0.15, 0.2) is 30.3 Å². The smallest absolute Gasteiger partial charge is 0.317 e. The monoisotopic (exact) mass is 320 g/mol. The van der Waals surface area contributed by atoms with Crippen molar-refractivity contribution in [3.8, 4) is 0 Å². The number of benzene rings is 1. The molecule has 3 N–H and O–H groups in total. The zero-order chi connectivity index (χ0) is 16.8. The summed E-state index contributed by atoms with van der Waals surface area (Å²) in [5.41, 5.74) is 1.07. The van der Waals surface area contributed by atoms with Crippen LogP contribution >= 0.6 is 0 Å². The number of aliphatic hydroxyl groups excluding tert-OH is 1. The Labute approximate surface area is 136 Å². The molecule has 3 atom stereocenters.